The first-order valence-corrected chi connectivity index (χ1v) is 13.6. The lowest BCUT2D eigenvalue weighted by Gasteiger charge is -2.60. The molecule has 31 heavy (non-hydrogen) atoms. The van der Waals surface area contributed by atoms with Gasteiger partial charge in [-0.2, -0.15) is 0 Å². The van der Waals surface area contributed by atoms with Gasteiger partial charge in [-0.05, 0) is 83.9 Å². The van der Waals surface area contributed by atoms with Crippen LogP contribution in [0.1, 0.15) is 126 Å². The summed E-state index contributed by atoms with van der Waals surface area (Å²) >= 11 is 0. The van der Waals surface area contributed by atoms with Gasteiger partial charge in [0.05, 0.1) is 0 Å². The van der Waals surface area contributed by atoms with Gasteiger partial charge in [-0.25, -0.2) is 0 Å². The molecule has 0 aromatic rings. The summed E-state index contributed by atoms with van der Waals surface area (Å²) in [7, 11) is 0. The van der Waals surface area contributed by atoms with Crippen molar-refractivity contribution >= 4 is 5.78 Å². The lowest BCUT2D eigenvalue weighted by Crippen LogP contribution is -2.54. The summed E-state index contributed by atoms with van der Waals surface area (Å²) in [5.74, 6) is 3.46. The predicted molar refractivity (Wildman–Crippen MR) is 132 cm³/mol. The normalized spacial score (nSPS) is 42.9. The zero-order valence-electron chi connectivity index (χ0n) is 22.0. The third-order valence-electron chi connectivity index (χ3n) is 11.4. The molecule has 2 saturated carbocycles. The number of fused-ring (bicyclic) bond motifs is 4. The highest BCUT2D eigenvalue weighted by atomic mass is 16.1. The molecule has 2 fully saturated rings. The quantitative estimate of drug-likeness (QED) is 0.429. The van der Waals surface area contributed by atoms with E-state index < -0.39 is 0 Å². The number of hydrogen-bond acceptors (Lipinski definition) is 1. The van der Waals surface area contributed by atoms with E-state index in [0.29, 0.717) is 23.0 Å². The van der Waals surface area contributed by atoms with Gasteiger partial charge < -0.3 is 0 Å². The Morgan fingerprint density at radius 3 is 2.32 bits per heavy atom. The number of ketones is 1. The third kappa shape index (κ3) is 3.42. The molecule has 0 aromatic heterocycles. The number of hydrogen-bond donors (Lipinski definition) is 0. The first-order valence-electron chi connectivity index (χ1n) is 13.6. The molecular weight excluding hydrogens is 376 g/mol. The van der Waals surface area contributed by atoms with Gasteiger partial charge in [-0.3, -0.25) is 4.79 Å². The molecule has 6 atom stereocenters. The lowest BCUT2D eigenvalue weighted by atomic mass is 9.43. The topological polar surface area (TPSA) is 17.1 Å². The van der Waals surface area contributed by atoms with Crippen LogP contribution >= 0.6 is 0 Å². The minimum Gasteiger partial charge on any atom is -0.295 e. The van der Waals surface area contributed by atoms with Crippen LogP contribution in [0, 0.1) is 45.3 Å². The zero-order chi connectivity index (χ0) is 22.8. The van der Waals surface area contributed by atoms with E-state index in [0.717, 1.165) is 18.3 Å². The van der Waals surface area contributed by atoms with Crippen LogP contribution in [-0.2, 0) is 4.79 Å². The van der Waals surface area contributed by atoms with Gasteiger partial charge in [0.25, 0.3) is 0 Å². The molecule has 0 amide bonds. The largest absolute Gasteiger partial charge is 0.295 e. The van der Waals surface area contributed by atoms with Gasteiger partial charge in [0.2, 0.25) is 0 Å². The Kier molecular flexibility index (Phi) is 5.88. The summed E-state index contributed by atoms with van der Waals surface area (Å²) in [4.78, 5) is 14.0. The summed E-state index contributed by atoms with van der Waals surface area (Å²) in [5.41, 5.74) is 3.86. The lowest BCUT2D eigenvalue weighted by molar-refractivity contribution is -0.126. The predicted octanol–water partition coefficient (Wildman–Crippen LogP) is 8.77. The monoisotopic (exact) mass is 426 g/mol. The maximum absolute atomic E-state index is 14.0. The fourth-order valence-electron chi connectivity index (χ4n) is 9.59. The van der Waals surface area contributed by atoms with Crippen molar-refractivity contribution in [2.24, 2.45) is 45.3 Å². The molecule has 6 unspecified atom stereocenters. The van der Waals surface area contributed by atoms with Crippen LogP contribution in [0.5, 0.6) is 0 Å². The van der Waals surface area contributed by atoms with Crippen LogP contribution in [0.3, 0.4) is 0 Å². The molecule has 4 rings (SSSR count). The Bertz CT molecular complexity index is 756. The Morgan fingerprint density at radius 2 is 1.65 bits per heavy atom. The van der Waals surface area contributed by atoms with Crippen molar-refractivity contribution in [1.29, 1.82) is 0 Å². The molecule has 0 radical (unpaired) electrons. The van der Waals surface area contributed by atoms with E-state index in [-0.39, 0.29) is 16.2 Å². The Labute approximate surface area is 193 Å². The van der Waals surface area contributed by atoms with Crippen molar-refractivity contribution in [3.8, 4) is 0 Å². The minimum absolute atomic E-state index is 0.123. The van der Waals surface area contributed by atoms with Gasteiger partial charge >= 0.3 is 0 Å². The molecule has 0 bridgehead atoms. The standard InChI is InChI=1S/C30H50O/c1-20(2)11-9-12-21(3)22-15-18-29(7)23-13-14-25-27(4,5)16-10-17-28(25,6)26(23)24(31)19-30(22,29)8/h20-22,25H,9-19H2,1-8H3. The van der Waals surface area contributed by atoms with Gasteiger partial charge in [-0.1, -0.05) is 86.6 Å². The second kappa shape index (κ2) is 7.73. The summed E-state index contributed by atoms with van der Waals surface area (Å²) in [6.07, 6.45) is 13.8. The van der Waals surface area contributed by atoms with E-state index in [2.05, 4.69) is 55.4 Å². The maximum Gasteiger partial charge on any atom is 0.159 e. The molecule has 1 nitrogen and oxygen atoms in total. The van der Waals surface area contributed by atoms with Crippen LogP contribution in [0.2, 0.25) is 0 Å². The van der Waals surface area contributed by atoms with Gasteiger partial charge in [0, 0.05) is 12.0 Å². The van der Waals surface area contributed by atoms with Crippen molar-refractivity contribution in [3.05, 3.63) is 11.1 Å². The van der Waals surface area contributed by atoms with Gasteiger partial charge in [0.1, 0.15) is 0 Å². The number of rotatable bonds is 5. The van der Waals surface area contributed by atoms with Crippen LogP contribution in [-0.4, -0.2) is 5.78 Å². The maximum atomic E-state index is 14.0. The fraction of sp³-hybridized carbons (Fsp3) is 0.900. The van der Waals surface area contributed by atoms with E-state index in [4.69, 9.17) is 0 Å². The molecule has 0 saturated heterocycles. The van der Waals surface area contributed by atoms with Crippen molar-refractivity contribution in [2.75, 3.05) is 0 Å². The van der Waals surface area contributed by atoms with Crippen molar-refractivity contribution < 1.29 is 4.79 Å². The molecule has 4 aliphatic carbocycles. The zero-order valence-corrected chi connectivity index (χ0v) is 22.0. The molecule has 0 spiro atoms. The number of Topliss-reactive ketones (excluding diaryl/α,β-unsaturated/α-hetero) is 1. The van der Waals surface area contributed by atoms with Crippen molar-refractivity contribution in [3.63, 3.8) is 0 Å². The highest BCUT2D eigenvalue weighted by molar-refractivity contribution is 5.99. The Balaban J connectivity index is 1.68. The second-order valence-electron chi connectivity index (χ2n) is 14.0. The van der Waals surface area contributed by atoms with E-state index in [1.807, 2.05) is 0 Å². The van der Waals surface area contributed by atoms with Crippen LogP contribution in [0.4, 0.5) is 0 Å². The fourth-order valence-corrected chi connectivity index (χ4v) is 9.59. The Morgan fingerprint density at radius 1 is 0.935 bits per heavy atom. The summed E-state index contributed by atoms with van der Waals surface area (Å²) in [5, 5.41) is 0. The van der Waals surface area contributed by atoms with Crippen LogP contribution in [0.15, 0.2) is 11.1 Å². The van der Waals surface area contributed by atoms with Crippen LogP contribution < -0.4 is 0 Å². The molecular formula is C30H50O. The Hall–Kier alpha value is -0.590. The molecule has 1 heteroatoms. The van der Waals surface area contributed by atoms with Crippen molar-refractivity contribution in [2.45, 2.75) is 126 Å². The van der Waals surface area contributed by atoms with Gasteiger partial charge in [-0.15, -0.1) is 0 Å². The van der Waals surface area contributed by atoms with E-state index in [1.54, 1.807) is 5.57 Å². The number of carbonyl (C=O) groups excluding carboxylic acids is 1. The van der Waals surface area contributed by atoms with Gasteiger partial charge in [0.15, 0.2) is 5.78 Å². The second-order valence-corrected chi connectivity index (χ2v) is 14.0. The first-order chi connectivity index (χ1) is 14.4. The molecule has 0 N–H and O–H groups in total. The first kappa shape index (κ1) is 23.6. The number of allylic oxidation sites excluding steroid dienone is 2. The molecule has 0 heterocycles. The molecule has 4 aliphatic rings. The summed E-state index contributed by atoms with van der Waals surface area (Å²) in [6, 6.07) is 0. The van der Waals surface area contributed by atoms with Crippen molar-refractivity contribution in [1.82, 2.24) is 0 Å². The van der Waals surface area contributed by atoms with Crippen LogP contribution in [0.25, 0.3) is 0 Å². The molecule has 176 valence electrons. The third-order valence-corrected chi connectivity index (χ3v) is 11.4. The average Bonchev–Trinajstić information content (AvgIpc) is 2.92. The smallest absolute Gasteiger partial charge is 0.159 e. The average molecular weight is 427 g/mol. The summed E-state index contributed by atoms with van der Waals surface area (Å²) in [6.45, 7) is 19.7. The molecule has 0 aromatic carbocycles. The highest BCUT2D eigenvalue weighted by Crippen LogP contribution is 2.71. The van der Waals surface area contributed by atoms with E-state index in [1.165, 1.54) is 69.8 Å². The van der Waals surface area contributed by atoms with E-state index >= 15 is 0 Å². The minimum atomic E-state index is 0.123. The molecule has 0 aliphatic heterocycles. The number of carbonyl (C=O) groups is 1. The van der Waals surface area contributed by atoms with E-state index in [9.17, 15) is 4.79 Å². The highest BCUT2D eigenvalue weighted by Gasteiger charge is 2.64. The SMILES string of the molecule is CC(C)CCCC(C)C1CCC2(C)C3=C(C(=O)CC12C)C1(C)CCCC(C)(C)C1CC3. The summed E-state index contributed by atoms with van der Waals surface area (Å²) < 4.78 is 0.